The molecule has 2 aromatic rings. The molecule has 0 amide bonds. The minimum atomic E-state index is -1.65. The van der Waals surface area contributed by atoms with Crippen molar-refractivity contribution in [3.8, 4) is 0 Å². The second kappa shape index (κ2) is 5.90. The lowest BCUT2D eigenvalue weighted by atomic mass is 10.1. The third-order valence-electron chi connectivity index (χ3n) is 2.41. The average Bonchev–Trinajstić information content (AvgIpc) is 2.89. The first-order valence-electron chi connectivity index (χ1n) is 5.45. The first-order valence-corrected chi connectivity index (χ1v) is 6.58. The number of hydrogen-bond acceptors (Lipinski definition) is 4. The number of halogens is 3. The fourth-order valence-corrected chi connectivity index (χ4v) is 1.79. The second-order valence-electron chi connectivity index (χ2n) is 3.69. The van der Waals surface area contributed by atoms with Gasteiger partial charge in [-0.05, 0) is 24.6 Å². The molecule has 2 heterocycles. The highest BCUT2D eigenvalue weighted by Gasteiger charge is 2.27. The Balaban J connectivity index is 2.24. The second-order valence-corrected chi connectivity index (χ2v) is 5.97. The molecule has 0 atom stereocenters. The number of aromatic nitrogens is 3. The lowest BCUT2D eigenvalue weighted by Crippen LogP contribution is -2.10. The van der Waals surface area contributed by atoms with Crippen molar-refractivity contribution in [1.29, 1.82) is 0 Å². The third-order valence-corrected chi connectivity index (χ3v) is 2.92. The van der Waals surface area contributed by atoms with E-state index in [-0.39, 0.29) is 5.82 Å². The molecule has 0 bridgehead atoms. The van der Waals surface area contributed by atoms with Crippen molar-refractivity contribution in [3.05, 3.63) is 48.2 Å². The quantitative estimate of drug-likeness (QED) is 0.804. The van der Waals surface area contributed by atoms with Gasteiger partial charge >= 0.3 is 0 Å². The van der Waals surface area contributed by atoms with E-state index < -0.39 is 3.79 Å². The van der Waals surface area contributed by atoms with Gasteiger partial charge in [0.25, 0.3) is 0 Å². The van der Waals surface area contributed by atoms with Crippen LogP contribution in [-0.2, 0) is 10.2 Å². The molecule has 0 spiro atoms. The first kappa shape index (κ1) is 14.3. The summed E-state index contributed by atoms with van der Waals surface area (Å²) in [5, 5.41) is 0. The van der Waals surface area contributed by atoms with Crippen molar-refractivity contribution in [2.24, 2.45) is 0 Å². The molecule has 0 aliphatic carbocycles. The predicted octanol–water partition coefficient (Wildman–Crippen LogP) is 3.94. The van der Waals surface area contributed by atoms with E-state index in [1.54, 1.807) is 6.26 Å². The highest BCUT2D eigenvalue weighted by molar-refractivity contribution is 6.66. The fraction of sp³-hybridized carbons (Fsp3) is 0.250. The Morgan fingerprint density at radius 3 is 2.74 bits per heavy atom. The van der Waals surface area contributed by atoms with Crippen molar-refractivity contribution in [2.45, 2.75) is 17.1 Å². The molecule has 0 aromatic carbocycles. The van der Waals surface area contributed by atoms with E-state index >= 15 is 0 Å². The van der Waals surface area contributed by atoms with E-state index in [1.165, 1.54) is 6.33 Å². The summed E-state index contributed by atoms with van der Waals surface area (Å²) in [5.74, 6) is 1.39. The van der Waals surface area contributed by atoms with Crippen LogP contribution in [0, 0.1) is 0 Å². The van der Waals surface area contributed by atoms with Crippen molar-refractivity contribution in [3.63, 3.8) is 0 Å². The summed E-state index contributed by atoms with van der Waals surface area (Å²) >= 11 is 17.2. The van der Waals surface area contributed by atoms with E-state index in [0.29, 0.717) is 12.2 Å². The Hall–Kier alpha value is -1.10. The van der Waals surface area contributed by atoms with E-state index in [4.69, 9.17) is 39.2 Å². The lowest BCUT2D eigenvalue weighted by molar-refractivity contribution is 0.550. The molecule has 2 rings (SSSR count). The molecule has 0 fully saturated rings. The van der Waals surface area contributed by atoms with Gasteiger partial charge < -0.3 is 4.42 Å². The molecule has 2 aromatic heterocycles. The van der Waals surface area contributed by atoms with Crippen LogP contribution in [0.1, 0.15) is 24.3 Å². The molecule has 0 N–H and O–H groups in total. The Morgan fingerprint density at radius 1 is 1.37 bits per heavy atom. The van der Waals surface area contributed by atoms with Crippen molar-refractivity contribution < 1.29 is 4.42 Å². The molecule has 7 heteroatoms. The van der Waals surface area contributed by atoms with Crippen LogP contribution in [0.25, 0.3) is 5.57 Å². The Morgan fingerprint density at radius 2 is 2.16 bits per heavy atom. The van der Waals surface area contributed by atoms with Crippen molar-refractivity contribution in [1.82, 2.24) is 15.0 Å². The largest absolute Gasteiger partial charge is 0.465 e. The molecule has 0 saturated carbocycles. The van der Waals surface area contributed by atoms with Crippen LogP contribution in [0.15, 0.2) is 35.2 Å². The minimum absolute atomic E-state index is 0.109. The Labute approximate surface area is 125 Å². The first-order chi connectivity index (χ1) is 9.00. The van der Waals surface area contributed by atoms with Gasteiger partial charge in [-0.2, -0.15) is 0 Å². The highest BCUT2D eigenvalue weighted by Crippen LogP contribution is 2.35. The zero-order valence-corrected chi connectivity index (χ0v) is 12.2. The molecule has 0 unspecified atom stereocenters. The number of nitrogens with zero attached hydrogens (tertiary/aromatic N) is 3. The maximum atomic E-state index is 5.75. The van der Waals surface area contributed by atoms with Gasteiger partial charge in [0.1, 0.15) is 17.9 Å². The molecule has 0 radical (unpaired) electrons. The molecule has 19 heavy (non-hydrogen) atoms. The minimum Gasteiger partial charge on any atom is -0.465 e. The van der Waals surface area contributed by atoms with Gasteiger partial charge in [-0.15, -0.1) is 0 Å². The van der Waals surface area contributed by atoms with E-state index in [0.717, 1.165) is 11.3 Å². The molecule has 100 valence electrons. The van der Waals surface area contributed by atoms with E-state index in [1.807, 2.05) is 25.1 Å². The average molecular weight is 319 g/mol. The van der Waals surface area contributed by atoms with Crippen LogP contribution in [-0.4, -0.2) is 15.0 Å². The van der Waals surface area contributed by atoms with Gasteiger partial charge in [0, 0.05) is 6.42 Å². The highest BCUT2D eigenvalue weighted by atomic mass is 35.6. The smallest absolute Gasteiger partial charge is 0.250 e. The molecular formula is C12H10Cl3N3O. The SMILES string of the molecule is CC=C(Cc1ncnc(C(Cl)(Cl)Cl)n1)c1ccco1. The Bertz CT molecular complexity index is 576. The molecular weight excluding hydrogens is 309 g/mol. The number of rotatable bonds is 3. The van der Waals surface area contributed by atoms with Crippen LogP contribution in [0.5, 0.6) is 0 Å². The number of alkyl halides is 3. The normalized spacial score (nSPS) is 12.7. The van der Waals surface area contributed by atoms with Crippen LogP contribution in [0.2, 0.25) is 0 Å². The van der Waals surface area contributed by atoms with E-state index in [9.17, 15) is 0 Å². The van der Waals surface area contributed by atoms with Gasteiger partial charge in [0.05, 0.1) is 6.26 Å². The van der Waals surface area contributed by atoms with Gasteiger partial charge in [-0.1, -0.05) is 40.9 Å². The lowest BCUT2D eigenvalue weighted by Gasteiger charge is -2.09. The van der Waals surface area contributed by atoms with Gasteiger partial charge in [-0.3, -0.25) is 0 Å². The standard InChI is InChI=1S/C12H10Cl3N3O/c1-2-8(9-4-3-5-19-9)6-10-16-7-17-11(18-10)12(13,14)15/h2-5,7H,6H2,1H3. The summed E-state index contributed by atoms with van der Waals surface area (Å²) < 4.78 is 3.68. The van der Waals surface area contributed by atoms with Gasteiger partial charge in [0.2, 0.25) is 3.79 Å². The predicted molar refractivity (Wildman–Crippen MR) is 75.1 cm³/mol. The monoisotopic (exact) mass is 317 g/mol. The summed E-state index contributed by atoms with van der Waals surface area (Å²) in [5.41, 5.74) is 0.950. The third kappa shape index (κ3) is 3.69. The summed E-state index contributed by atoms with van der Waals surface area (Å²) in [6, 6.07) is 3.69. The number of hydrogen-bond donors (Lipinski definition) is 0. The maximum absolute atomic E-state index is 5.75. The zero-order chi connectivity index (χ0) is 13.9. The maximum Gasteiger partial charge on any atom is 0.250 e. The number of furan rings is 1. The van der Waals surface area contributed by atoms with Crippen LogP contribution in [0.4, 0.5) is 0 Å². The molecule has 0 aliphatic heterocycles. The molecule has 0 aliphatic rings. The topological polar surface area (TPSA) is 51.8 Å². The summed E-state index contributed by atoms with van der Waals surface area (Å²) in [6.45, 7) is 1.91. The molecule has 0 saturated heterocycles. The van der Waals surface area contributed by atoms with Gasteiger partial charge in [-0.25, -0.2) is 15.0 Å². The van der Waals surface area contributed by atoms with Gasteiger partial charge in [0.15, 0.2) is 5.82 Å². The van der Waals surface area contributed by atoms with E-state index in [2.05, 4.69) is 15.0 Å². The summed E-state index contributed by atoms with van der Waals surface area (Å²) in [4.78, 5) is 12.1. The summed E-state index contributed by atoms with van der Waals surface area (Å²) in [7, 11) is 0. The number of allylic oxidation sites excluding steroid dienone is 2. The van der Waals surface area contributed by atoms with Crippen molar-refractivity contribution >= 4 is 40.4 Å². The van der Waals surface area contributed by atoms with Crippen LogP contribution < -0.4 is 0 Å². The van der Waals surface area contributed by atoms with Crippen molar-refractivity contribution in [2.75, 3.05) is 0 Å². The molecule has 4 nitrogen and oxygen atoms in total. The Kier molecular flexibility index (Phi) is 4.45. The van der Waals surface area contributed by atoms with Crippen LogP contribution in [0.3, 0.4) is 0 Å². The summed E-state index contributed by atoms with van der Waals surface area (Å²) in [6.07, 6.45) is 5.34. The zero-order valence-electron chi connectivity index (χ0n) is 9.98. The van der Waals surface area contributed by atoms with Crippen LogP contribution >= 0.6 is 34.8 Å². The fourth-order valence-electron chi connectivity index (χ4n) is 1.51.